The lowest BCUT2D eigenvalue weighted by Gasteiger charge is -2.18. The summed E-state index contributed by atoms with van der Waals surface area (Å²) >= 11 is 0. The second-order valence-corrected chi connectivity index (χ2v) is 10.1. The topological polar surface area (TPSA) is 53.1 Å². The molecular weight excluding hydrogens is 428 g/mol. The van der Waals surface area contributed by atoms with Crippen LogP contribution in [0.2, 0.25) is 0 Å². The highest BCUT2D eigenvalue weighted by Gasteiger charge is 2.19. The summed E-state index contributed by atoms with van der Waals surface area (Å²) in [5.41, 5.74) is 5.75. The summed E-state index contributed by atoms with van der Waals surface area (Å²) in [6, 6.07) is 10.6. The fraction of sp³-hybridized carbons (Fsp3) is 0.613. The molecule has 2 aromatic heterocycles. The number of nitrogens with one attached hydrogen (secondary N) is 1. The van der Waals surface area contributed by atoms with E-state index in [-0.39, 0.29) is 0 Å². The lowest BCUT2D eigenvalue weighted by molar-refractivity contribution is 0.537. The van der Waals surface area contributed by atoms with Gasteiger partial charge < -0.3 is 5.32 Å². The Kier molecular flexibility index (Phi) is 11.4. The van der Waals surface area contributed by atoms with Crippen LogP contribution in [0, 0.1) is 18.3 Å². The van der Waals surface area contributed by atoms with E-state index < -0.39 is 0 Å². The molecule has 0 spiro atoms. The quantitative estimate of drug-likeness (QED) is 0.198. The van der Waals surface area contributed by atoms with Crippen LogP contribution in [-0.4, -0.2) is 15.9 Å². The normalized spacial score (nSPS) is 11.4. The Hall–Kier alpha value is -2.54. The Balaban J connectivity index is 1.44. The zero-order valence-electron chi connectivity index (χ0n) is 22.5. The third-order valence-electron chi connectivity index (χ3n) is 7.41. The Labute approximate surface area is 213 Å². The van der Waals surface area contributed by atoms with E-state index >= 15 is 0 Å². The first-order chi connectivity index (χ1) is 17.2. The second kappa shape index (κ2) is 14.8. The molecule has 0 fully saturated rings. The average molecular weight is 475 g/mol. The first kappa shape index (κ1) is 27.1. The summed E-state index contributed by atoms with van der Waals surface area (Å²) in [5, 5.41) is 13.6. The highest BCUT2D eigenvalue weighted by molar-refractivity contribution is 5.86. The molecule has 0 amide bonds. The SMILES string of the molecule is CCCCCCCCCCCCCCCCNc1c(CC)c(C)c(C#N)c2nc3ccccc3n12. The lowest BCUT2D eigenvalue weighted by atomic mass is 10.0. The minimum absolute atomic E-state index is 0.695. The van der Waals surface area contributed by atoms with Gasteiger partial charge in [0.15, 0.2) is 5.65 Å². The lowest BCUT2D eigenvalue weighted by Crippen LogP contribution is -2.12. The smallest absolute Gasteiger partial charge is 0.157 e. The molecule has 1 aromatic carbocycles. The van der Waals surface area contributed by atoms with E-state index in [4.69, 9.17) is 4.98 Å². The Morgan fingerprint density at radius 2 is 1.40 bits per heavy atom. The van der Waals surface area contributed by atoms with Crippen LogP contribution >= 0.6 is 0 Å². The summed E-state index contributed by atoms with van der Waals surface area (Å²) in [6.45, 7) is 7.48. The Morgan fingerprint density at radius 3 is 1.97 bits per heavy atom. The van der Waals surface area contributed by atoms with Gasteiger partial charge in [-0.1, -0.05) is 109 Å². The van der Waals surface area contributed by atoms with Gasteiger partial charge >= 0.3 is 0 Å². The number of imidazole rings is 1. The highest BCUT2D eigenvalue weighted by Crippen LogP contribution is 2.31. The van der Waals surface area contributed by atoms with Crippen molar-refractivity contribution in [2.24, 2.45) is 0 Å². The fourth-order valence-corrected chi connectivity index (χ4v) is 5.33. The number of fused-ring (bicyclic) bond motifs is 3. The van der Waals surface area contributed by atoms with E-state index in [1.54, 1.807) is 0 Å². The molecule has 3 rings (SSSR count). The molecule has 35 heavy (non-hydrogen) atoms. The largest absolute Gasteiger partial charge is 0.371 e. The van der Waals surface area contributed by atoms with Crippen LogP contribution in [0.15, 0.2) is 24.3 Å². The molecule has 0 bridgehead atoms. The maximum Gasteiger partial charge on any atom is 0.157 e. The first-order valence-corrected chi connectivity index (χ1v) is 14.3. The van der Waals surface area contributed by atoms with Crippen LogP contribution in [0.1, 0.15) is 120 Å². The molecule has 4 nitrogen and oxygen atoms in total. The number of para-hydroxylation sites is 2. The number of hydrogen-bond acceptors (Lipinski definition) is 3. The van der Waals surface area contributed by atoms with Gasteiger partial charge in [-0.2, -0.15) is 5.26 Å². The van der Waals surface area contributed by atoms with Crippen LogP contribution in [0.4, 0.5) is 5.82 Å². The van der Waals surface area contributed by atoms with E-state index in [9.17, 15) is 5.26 Å². The highest BCUT2D eigenvalue weighted by atomic mass is 15.1. The summed E-state index contributed by atoms with van der Waals surface area (Å²) in [6.07, 6.45) is 20.2. The molecule has 2 heterocycles. The molecular formula is C31H46N4. The first-order valence-electron chi connectivity index (χ1n) is 14.3. The van der Waals surface area contributed by atoms with Gasteiger partial charge in [0.05, 0.1) is 16.6 Å². The van der Waals surface area contributed by atoms with E-state index in [0.717, 1.165) is 41.0 Å². The van der Waals surface area contributed by atoms with Crippen molar-refractivity contribution in [2.45, 2.75) is 117 Å². The third kappa shape index (κ3) is 7.23. The number of aromatic nitrogens is 2. The number of unbranched alkanes of at least 4 members (excludes halogenated alkanes) is 13. The van der Waals surface area contributed by atoms with Crippen molar-refractivity contribution in [2.75, 3.05) is 11.9 Å². The van der Waals surface area contributed by atoms with Crippen molar-refractivity contribution in [1.29, 1.82) is 5.26 Å². The fourth-order valence-electron chi connectivity index (χ4n) is 5.33. The minimum atomic E-state index is 0.695. The van der Waals surface area contributed by atoms with E-state index in [1.165, 1.54) is 95.5 Å². The number of anilines is 1. The van der Waals surface area contributed by atoms with Gasteiger partial charge in [0.1, 0.15) is 11.9 Å². The number of benzene rings is 1. The minimum Gasteiger partial charge on any atom is -0.371 e. The second-order valence-electron chi connectivity index (χ2n) is 10.1. The summed E-state index contributed by atoms with van der Waals surface area (Å²) in [4.78, 5) is 4.80. The summed E-state index contributed by atoms with van der Waals surface area (Å²) in [5.74, 6) is 1.11. The van der Waals surface area contributed by atoms with Crippen molar-refractivity contribution < 1.29 is 0 Å². The monoisotopic (exact) mass is 474 g/mol. The van der Waals surface area contributed by atoms with Gasteiger partial charge in [-0.3, -0.25) is 4.40 Å². The number of nitriles is 1. The molecule has 0 radical (unpaired) electrons. The molecule has 0 aliphatic carbocycles. The maximum atomic E-state index is 9.85. The molecule has 3 aromatic rings. The molecule has 4 heteroatoms. The van der Waals surface area contributed by atoms with Gasteiger partial charge in [-0.25, -0.2) is 4.98 Å². The molecule has 0 aliphatic rings. The number of rotatable bonds is 17. The van der Waals surface area contributed by atoms with Crippen molar-refractivity contribution in [3.05, 3.63) is 41.0 Å². The van der Waals surface area contributed by atoms with Gasteiger partial charge in [-0.05, 0) is 43.0 Å². The number of nitrogens with zero attached hydrogens (tertiary/aromatic N) is 3. The van der Waals surface area contributed by atoms with E-state index in [0.29, 0.717) is 5.56 Å². The Bertz CT molecular complexity index is 1090. The van der Waals surface area contributed by atoms with Gasteiger partial charge in [0, 0.05) is 6.54 Å². The molecule has 0 unspecified atom stereocenters. The van der Waals surface area contributed by atoms with Crippen molar-refractivity contribution in [1.82, 2.24) is 9.38 Å². The number of hydrogen-bond donors (Lipinski definition) is 1. The standard InChI is InChI=1S/C31H46N4/c1-4-6-7-8-9-10-11-12-13-14-15-16-17-20-23-33-30-26(5-2)25(3)27(24-32)31-34-28-21-18-19-22-29(28)35(30)31/h18-19,21-22,33H,4-17,20,23H2,1-3H3. The average Bonchev–Trinajstić information content (AvgIpc) is 3.25. The van der Waals surface area contributed by atoms with Crippen LogP contribution in [-0.2, 0) is 6.42 Å². The van der Waals surface area contributed by atoms with Crippen molar-refractivity contribution in [3.63, 3.8) is 0 Å². The Morgan fingerprint density at radius 1 is 0.829 bits per heavy atom. The molecule has 1 N–H and O–H groups in total. The molecule has 0 saturated carbocycles. The van der Waals surface area contributed by atoms with Crippen molar-refractivity contribution in [3.8, 4) is 6.07 Å². The molecule has 0 saturated heterocycles. The van der Waals surface area contributed by atoms with Crippen LogP contribution in [0.3, 0.4) is 0 Å². The molecule has 0 atom stereocenters. The molecule has 0 aliphatic heterocycles. The summed E-state index contributed by atoms with van der Waals surface area (Å²) in [7, 11) is 0. The van der Waals surface area contributed by atoms with Crippen LogP contribution in [0.5, 0.6) is 0 Å². The molecule has 190 valence electrons. The van der Waals surface area contributed by atoms with E-state index in [1.807, 2.05) is 18.2 Å². The third-order valence-corrected chi connectivity index (χ3v) is 7.41. The number of pyridine rings is 1. The predicted octanol–water partition coefficient (Wildman–Crippen LogP) is 9.12. The van der Waals surface area contributed by atoms with Crippen LogP contribution in [0.25, 0.3) is 16.7 Å². The van der Waals surface area contributed by atoms with Gasteiger partial charge in [0.25, 0.3) is 0 Å². The maximum absolute atomic E-state index is 9.85. The van der Waals surface area contributed by atoms with Crippen molar-refractivity contribution >= 4 is 22.5 Å². The zero-order chi connectivity index (χ0) is 24.9. The summed E-state index contributed by atoms with van der Waals surface area (Å²) < 4.78 is 2.17. The van der Waals surface area contributed by atoms with Crippen LogP contribution < -0.4 is 5.32 Å². The van der Waals surface area contributed by atoms with Gasteiger partial charge in [-0.15, -0.1) is 0 Å². The van der Waals surface area contributed by atoms with Gasteiger partial charge in [0.2, 0.25) is 0 Å². The zero-order valence-corrected chi connectivity index (χ0v) is 22.5. The predicted molar refractivity (Wildman–Crippen MR) is 150 cm³/mol. The van der Waals surface area contributed by atoms with E-state index in [2.05, 4.69) is 42.6 Å².